The van der Waals surface area contributed by atoms with E-state index in [1.807, 2.05) is 39.0 Å². The smallest absolute Gasteiger partial charge is 0.250 e. The number of thioether (sulfide) groups is 1. The fourth-order valence-electron chi connectivity index (χ4n) is 2.34. The molecular formula is C20H26N4OS. The third-order valence-electron chi connectivity index (χ3n) is 3.81. The van der Waals surface area contributed by atoms with Crippen molar-refractivity contribution in [1.82, 2.24) is 15.4 Å². The summed E-state index contributed by atoms with van der Waals surface area (Å²) in [5, 5.41) is 4.80. The van der Waals surface area contributed by atoms with Crippen LogP contribution in [0, 0.1) is 13.8 Å². The third kappa shape index (κ3) is 5.95. The summed E-state index contributed by atoms with van der Waals surface area (Å²) in [6.45, 7) is 12.3. The van der Waals surface area contributed by atoms with Crippen LogP contribution in [0.2, 0.25) is 0 Å². The molecule has 2 aromatic rings. The van der Waals surface area contributed by atoms with Gasteiger partial charge in [0.2, 0.25) is 0 Å². The van der Waals surface area contributed by atoms with Gasteiger partial charge in [-0.1, -0.05) is 56.8 Å². The fraction of sp³-hybridized carbons (Fsp3) is 0.400. The van der Waals surface area contributed by atoms with E-state index in [2.05, 4.69) is 53.4 Å². The van der Waals surface area contributed by atoms with E-state index in [1.54, 1.807) is 0 Å². The first-order valence-corrected chi connectivity index (χ1v) is 9.53. The largest absolute Gasteiger partial charge is 0.272 e. The highest BCUT2D eigenvalue weighted by molar-refractivity contribution is 7.99. The number of hydrazone groups is 1. The molecule has 1 N–H and O–H groups in total. The summed E-state index contributed by atoms with van der Waals surface area (Å²) in [6, 6.07) is 10.2. The van der Waals surface area contributed by atoms with Crippen LogP contribution in [0.4, 0.5) is 0 Å². The predicted octanol–water partition coefficient (Wildman–Crippen LogP) is 4.02. The minimum Gasteiger partial charge on any atom is -0.272 e. The van der Waals surface area contributed by atoms with E-state index in [1.165, 1.54) is 17.3 Å². The average molecular weight is 371 g/mol. The molecule has 1 amide bonds. The van der Waals surface area contributed by atoms with E-state index in [-0.39, 0.29) is 17.1 Å². The molecule has 2 rings (SSSR count). The van der Waals surface area contributed by atoms with Gasteiger partial charge < -0.3 is 0 Å². The highest BCUT2D eigenvalue weighted by Crippen LogP contribution is 2.22. The van der Waals surface area contributed by atoms with Gasteiger partial charge in [-0.25, -0.2) is 15.4 Å². The molecule has 138 valence electrons. The van der Waals surface area contributed by atoms with Crippen molar-refractivity contribution in [2.24, 2.45) is 5.10 Å². The zero-order chi connectivity index (χ0) is 19.3. The average Bonchev–Trinajstić information content (AvgIpc) is 2.56. The van der Waals surface area contributed by atoms with Crippen molar-refractivity contribution in [2.45, 2.75) is 52.1 Å². The van der Waals surface area contributed by atoms with Crippen molar-refractivity contribution in [3.05, 3.63) is 52.8 Å². The van der Waals surface area contributed by atoms with Crippen molar-refractivity contribution in [3.8, 4) is 0 Å². The Labute approximate surface area is 159 Å². The monoisotopic (exact) mass is 370 g/mol. The fourth-order valence-corrected chi connectivity index (χ4v) is 3.08. The molecule has 0 atom stereocenters. The molecule has 1 heterocycles. The van der Waals surface area contributed by atoms with Crippen LogP contribution in [0.1, 0.15) is 50.2 Å². The van der Waals surface area contributed by atoms with Gasteiger partial charge in [0, 0.05) is 11.4 Å². The van der Waals surface area contributed by atoms with Gasteiger partial charge in [0.05, 0.1) is 11.5 Å². The number of carbonyl (C=O) groups is 1. The summed E-state index contributed by atoms with van der Waals surface area (Å²) in [5.74, 6) is 0.0474. The Balaban J connectivity index is 1.92. The molecule has 0 spiro atoms. The molecule has 0 bridgehead atoms. The van der Waals surface area contributed by atoms with Gasteiger partial charge >= 0.3 is 0 Å². The summed E-state index contributed by atoms with van der Waals surface area (Å²) in [6.07, 6.45) is 0. The Morgan fingerprint density at radius 2 is 1.69 bits per heavy atom. The topological polar surface area (TPSA) is 67.2 Å². The zero-order valence-electron chi connectivity index (χ0n) is 16.3. The number of rotatable bonds is 5. The number of hydrogen-bond acceptors (Lipinski definition) is 5. The van der Waals surface area contributed by atoms with Gasteiger partial charge in [0.1, 0.15) is 0 Å². The molecule has 0 saturated carbocycles. The lowest BCUT2D eigenvalue weighted by Gasteiger charge is -2.19. The minimum atomic E-state index is -0.177. The van der Waals surface area contributed by atoms with Gasteiger partial charge in [-0.2, -0.15) is 5.10 Å². The van der Waals surface area contributed by atoms with Crippen LogP contribution in [-0.2, 0) is 10.2 Å². The molecule has 0 unspecified atom stereocenters. The predicted molar refractivity (Wildman–Crippen MR) is 108 cm³/mol. The maximum absolute atomic E-state index is 12.0. The number of aromatic nitrogens is 2. The zero-order valence-corrected chi connectivity index (χ0v) is 17.1. The van der Waals surface area contributed by atoms with Crippen LogP contribution < -0.4 is 5.43 Å². The molecule has 26 heavy (non-hydrogen) atoms. The molecule has 0 aliphatic carbocycles. The molecule has 1 aromatic heterocycles. The molecule has 6 heteroatoms. The number of carbonyl (C=O) groups excluding carboxylic acids is 1. The molecule has 0 fully saturated rings. The summed E-state index contributed by atoms with van der Waals surface area (Å²) in [5.41, 5.74) is 7.53. The standard InChI is InChI=1S/C20H26N4OS/c1-13-11-14(2)22-19(21-13)26-12-18(25)24-23-15(3)16-7-9-17(10-8-16)20(4,5)6/h7-11H,12H2,1-6H3,(H,24,25)/b23-15+. The molecule has 5 nitrogen and oxygen atoms in total. The van der Waals surface area contributed by atoms with E-state index in [4.69, 9.17) is 0 Å². The van der Waals surface area contributed by atoms with Crippen molar-refractivity contribution in [3.63, 3.8) is 0 Å². The summed E-state index contributed by atoms with van der Waals surface area (Å²) in [7, 11) is 0. The van der Waals surface area contributed by atoms with E-state index in [9.17, 15) is 4.79 Å². The SMILES string of the molecule is C/C(=N\NC(=O)CSc1nc(C)cc(C)n1)c1ccc(C(C)(C)C)cc1. The Hall–Kier alpha value is -2.21. The second kappa shape index (κ2) is 8.45. The Bertz CT molecular complexity index is 787. The van der Waals surface area contributed by atoms with Crippen LogP contribution >= 0.6 is 11.8 Å². The van der Waals surface area contributed by atoms with Crippen molar-refractivity contribution < 1.29 is 4.79 Å². The van der Waals surface area contributed by atoms with Crippen LogP contribution in [0.5, 0.6) is 0 Å². The lowest BCUT2D eigenvalue weighted by molar-refractivity contribution is -0.118. The summed E-state index contributed by atoms with van der Waals surface area (Å²) in [4.78, 5) is 20.6. The van der Waals surface area contributed by atoms with Gasteiger partial charge in [-0.15, -0.1) is 0 Å². The van der Waals surface area contributed by atoms with Gasteiger partial charge in [-0.05, 0) is 43.4 Å². The Morgan fingerprint density at radius 3 is 2.23 bits per heavy atom. The molecule has 0 radical (unpaired) electrons. The minimum absolute atomic E-state index is 0.116. The van der Waals surface area contributed by atoms with Crippen molar-refractivity contribution >= 4 is 23.4 Å². The number of hydrogen-bond donors (Lipinski definition) is 1. The van der Waals surface area contributed by atoms with Gasteiger partial charge in [0.15, 0.2) is 5.16 Å². The Kier molecular flexibility index (Phi) is 6.53. The number of nitrogens with zero attached hydrogens (tertiary/aromatic N) is 3. The van der Waals surface area contributed by atoms with E-state index >= 15 is 0 Å². The lowest BCUT2D eigenvalue weighted by atomic mass is 9.86. The van der Waals surface area contributed by atoms with E-state index in [0.717, 1.165) is 22.7 Å². The number of aryl methyl sites for hydroxylation is 2. The van der Waals surface area contributed by atoms with Gasteiger partial charge in [0.25, 0.3) is 5.91 Å². The first-order chi connectivity index (χ1) is 12.1. The number of benzene rings is 1. The van der Waals surface area contributed by atoms with Crippen LogP contribution in [0.25, 0.3) is 0 Å². The van der Waals surface area contributed by atoms with Crippen LogP contribution in [-0.4, -0.2) is 27.3 Å². The van der Waals surface area contributed by atoms with Crippen LogP contribution in [0.3, 0.4) is 0 Å². The van der Waals surface area contributed by atoms with E-state index in [0.29, 0.717) is 5.16 Å². The highest BCUT2D eigenvalue weighted by atomic mass is 32.2. The molecule has 1 aromatic carbocycles. The number of amides is 1. The van der Waals surface area contributed by atoms with E-state index < -0.39 is 0 Å². The van der Waals surface area contributed by atoms with Crippen molar-refractivity contribution in [2.75, 3.05) is 5.75 Å². The third-order valence-corrected chi connectivity index (χ3v) is 4.66. The Morgan fingerprint density at radius 1 is 1.12 bits per heavy atom. The quantitative estimate of drug-likeness (QED) is 0.373. The lowest BCUT2D eigenvalue weighted by Crippen LogP contribution is -2.21. The molecule has 0 saturated heterocycles. The molecule has 0 aliphatic rings. The second-order valence-electron chi connectivity index (χ2n) is 7.28. The van der Waals surface area contributed by atoms with Gasteiger partial charge in [-0.3, -0.25) is 4.79 Å². The summed E-state index contributed by atoms with van der Waals surface area (Å²) < 4.78 is 0. The maximum Gasteiger partial charge on any atom is 0.250 e. The first kappa shape index (κ1) is 20.1. The number of nitrogens with one attached hydrogen (secondary N) is 1. The van der Waals surface area contributed by atoms with Crippen LogP contribution in [0.15, 0.2) is 40.6 Å². The normalized spacial score (nSPS) is 12.2. The molecule has 0 aliphatic heterocycles. The highest BCUT2D eigenvalue weighted by Gasteiger charge is 2.13. The first-order valence-electron chi connectivity index (χ1n) is 8.54. The summed E-state index contributed by atoms with van der Waals surface area (Å²) >= 11 is 1.31. The van der Waals surface area contributed by atoms with Crippen molar-refractivity contribution in [1.29, 1.82) is 0 Å². The molecular weight excluding hydrogens is 344 g/mol. The maximum atomic E-state index is 12.0. The second-order valence-corrected chi connectivity index (χ2v) is 8.22.